The van der Waals surface area contributed by atoms with Crippen LogP contribution in [0.3, 0.4) is 0 Å². The topological polar surface area (TPSA) is 74.2 Å². The van der Waals surface area contributed by atoms with E-state index in [4.69, 9.17) is 15.0 Å². The Balaban J connectivity index is 2.20. The van der Waals surface area contributed by atoms with Crippen molar-refractivity contribution in [3.05, 3.63) is 33.4 Å². The number of halogens is 2. The summed E-state index contributed by atoms with van der Waals surface area (Å²) in [6, 6.07) is 3.92. The fourth-order valence-corrected chi connectivity index (χ4v) is 2.19. The van der Waals surface area contributed by atoms with Gasteiger partial charge in [0, 0.05) is 10.2 Å². The number of hydrogen-bond donors (Lipinski definition) is 1. The van der Waals surface area contributed by atoms with Gasteiger partial charge in [-0.25, -0.2) is 4.39 Å². The monoisotopic (exact) mass is 377 g/mol. The van der Waals surface area contributed by atoms with Crippen molar-refractivity contribution in [2.75, 3.05) is 13.2 Å². The van der Waals surface area contributed by atoms with Crippen LogP contribution in [-0.2, 0) is 4.74 Å². The Hall–Kier alpha value is -1.06. The molecule has 0 aliphatic heterocycles. The van der Waals surface area contributed by atoms with Gasteiger partial charge in [0.1, 0.15) is 5.82 Å². The summed E-state index contributed by atoms with van der Waals surface area (Å²) in [5, 5.41) is 3.82. The van der Waals surface area contributed by atoms with Crippen LogP contribution in [0.15, 0.2) is 22.7 Å². The van der Waals surface area contributed by atoms with Gasteiger partial charge in [-0.1, -0.05) is 5.16 Å². The zero-order valence-corrected chi connectivity index (χ0v) is 12.4. The minimum absolute atomic E-state index is 0.305. The molecule has 5 nitrogen and oxygen atoms in total. The molecule has 7 heteroatoms. The fraction of sp³-hybridized carbons (Fsp3) is 0.333. The zero-order chi connectivity index (χ0) is 13.8. The van der Waals surface area contributed by atoms with Crippen LogP contribution in [0.4, 0.5) is 4.39 Å². The second kappa shape index (κ2) is 6.40. The van der Waals surface area contributed by atoms with E-state index in [1.54, 1.807) is 6.07 Å². The Morgan fingerprint density at radius 2 is 2.32 bits per heavy atom. The van der Waals surface area contributed by atoms with Crippen LogP contribution < -0.4 is 5.73 Å². The third kappa shape index (κ3) is 3.48. The Morgan fingerprint density at radius 3 is 3.00 bits per heavy atom. The summed E-state index contributed by atoms with van der Waals surface area (Å²) in [6.45, 7) is 2.79. The molecule has 2 rings (SSSR count). The van der Waals surface area contributed by atoms with Crippen molar-refractivity contribution >= 4 is 22.6 Å². The SMILES string of the molecule is CCOCC(N)c1noc(-c2ccc(F)cc2I)n1. The molecule has 0 fully saturated rings. The van der Waals surface area contributed by atoms with Crippen molar-refractivity contribution in [3.8, 4) is 11.5 Å². The Morgan fingerprint density at radius 1 is 1.53 bits per heavy atom. The van der Waals surface area contributed by atoms with Crippen LogP contribution in [0.1, 0.15) is 18.8 Å². The van der Waals surface area contributed by atoms with E-state index in [0.29, 0.717) is 34.1 Å². The van der Waals surface area contributed by atoms with E-state index in [9.17, 15) is 4.39 Å². The Kier molecular flexibility index (Phi) is 4.83. The number of hydrogen-bond acceptors (Lipinski definition) is 5. The van der Waals surface area contributed by atoms with Crippen molar-refractivity contribution in [3.63, 3.8) is 0 Å². The van der Waals surface area contributed by atoms with Crippen LogP contribution in [0, 0.1) is 9.39 Å². The van der Waals surface area contributed by atoms with Crippen LogP contribution in [0.2, 0.25) is 0 Å². The van der Waals surface area contributed by atoms with Gasteiger partial charge in [-0.2, -0.15) is 4.98 Å². The van der Waals surface area contributed by atoms with Gasteiger partial charge < -0.3 is 15.0 Å². The zero-order valence-electron chi connectivity index (χ0n) is 10.3. The largest absolute Gasteiger partial charge is 0.380 e. The summed E-state index contributed by atoms with van der Waals surface area (Å²) >= 11 is 2.02. The van der Waals surface area contributed by atoms with Crippen molar-refractivity contribution < 1.29 is 13.7 Å². The molecule has 0 saturated heterocycles. The molecule has 2 aromatic rings. The maximum absolute atomic E-state index is 13.0. The lowest BCUT2D eigenvalue weighted by molar-refractivity contribution is 0.130. The summed E-state index contributed by atoms with van der Waals surface area (Å²) in [6.07, 6.45) is 0. The summed E-state index contributed by atoms with van der Waals surface area (Å²) in [4.78, 5) is 4.21. The first kappa shape index (κ1) is 14.4. The molecule has 2 N–H and O–H groups in total. The van der Waals surface area contributed by atoms with E-state index < -0.39 is 6.04 Å². The minimum Gasteiger partial charge on any atom is -0.380 e. The van der Waals surface area contributed by atoms with E-state index in [0.717, 1.165) is 0 Å². The van der Waals surface area contributed by atoms with E-state index in [-0.39, 0.29) is 5.82 Å². The molecule has 0 amide bonds. The molecule has 0 spiro atoms. The normalized spacial score (nSPS) is 12.6. The third-order valence-corrected chi connectivity index (χ3v) is 3.33. The molecule has 102 valence electrons. The molecule has 1 heterocycles. The standard InChI is InChI=1S/C12H13FIN3O2/c1-2-18-6-10(15)11-16-12(19-17-11)8-4-3-7(13)5-9(8)14/h3-5,10H,2,6,15H2,1H3. The van der Waals surface area contributed by atoms with Gasteiger partial charge in [0.2, 0.25) is 0 Å². The highest BCUT2D eigenvalue weighted by Crippen LogP contribution is 2.25. The average molecular weight is 377 g/mol. The van der Waals surface area contributed by atoms with Crippen LogP contribution in [0.5, 0.6) is 0 Å². The molecule has 19 heavy (non-hydrogen) atoms. The van der Waals surface area contributed by atoms with E-state index >= 15 is 0 Å². The van der Waals surface area contributed by atoms with E-state index in [2.05, 4.69) is 10.1 Å². The molecule has 0 bridgehead atoms. The van der Waals surface area contributed by atoms with Crippen LogP contribution in [0.25, 0.3) is 11.5 Å². The number of rotatable bonds is 5. The van der Waals surface area contributed by atoms with Gasteiger partial charge in [0.05, 0.1) is 18.2 Å². The predicted octanol–water partition coefficient (Wildman–Crippen LogP) is 2.52. The Bertz CT molecular complexity index is 562. The molecule has 0 saturated carbocycles. The van der Waals surface area contributed by atoms with E-state index in [1.165, 1.54) is 12.1 Å². The highest BCUT2D eigenvalue weighted by molar-refractivity contribution is 14.1. The first-order chi connectivity index (χ1) is 9.11. The van der Waals surface area contributed by atoms with Gasteiger partial charge in [-0.3, -0.25) is 0 Å². The maximum atomic E-state index is 13.0. The van der Waals surface area contributed by atoms with Crippen molar-refractivity contribution in [1.82, 2.24) is 10.1 Å². The number of nitrogens with two attached hydrogens (primary N) is 1. The maximum Gasteiger partial charge on any atom is 0.259 e. The smallest absolute Gasteiger partial charge is 0.259 e. The average Bonchev–Trinajstić information content (AvgIpc) is 2.85. The van der Waals surface area contributed by atoms with Crippen LogP contribution in [-0.4, -0.2) is 23.4 Å². The summed E-state index contributed by atoms with van der Waals surface area (Å²) in [5.74, 6) is 0.399. The van der Waals surface area contributed by atoms with Gasteiger partial charge >= 0.3 is 0 Å². The molecule has 0 aliphatic rings. The molecule has 1 atom stereocenters. The van der Waals surface area contributed by atoms with Gasteiger partial charge in [0.15, 0.2) is 5.82 Å². The number of ether oxygens (including phenoxy) is 1. The molecule has 1 aromatic carbocycles. The molecule has 0 aliphatic carbocycles. The highest BCUT2D eigenvalue weighted by Gasteiger charge is 2.17. The highest BCUT2D eigenvalue weighted by atomic mass is 127. The summed E-state index contributed by atoms with van der Waals surface area (Å²) < 4.78 is 24.1. The second-order valence-corrected chi connectivity index (χ2v) is 5.01. The first-order valence-electron chi connectivity index (χ1n) is 5.74. The molecule has 1 aromatic heterocycles. The summed E-state index contributed by atoms with van der Waals surface area (Å²) in [7, 11) is 0. The molecular weight excluding hydrogens is 364 g/mol. The molecule has 1 unspecified atom stereocenters. The van der Waals surface area contributed by atoms with Crippen molar-refractivity contribution in [2.24, 2.45) is 5.73 Å². The van der Waals surface area contributed by atoms with Crippen LogP contribution >= 0.6 is 22.6 Å². The van der Waals surface area contributed by atoms with Crippen molar-refractivity contribution in [2.45, 2.75) is 13.0 Å². The number of benzene rings is 1. The molecule has 0 radical (unpaired) electrons. The number of nitrogens with zero attached hydrogens (tertiary/aromatic N) is 2. The lowest BCUT2D eigenvalue weighted by Gasteiger charge is -2.05. The second-order valence-electron chi connectivity index (χ2n) is 3.85. The lowest BCUT2D eigenvalue weighted by atomic mass is 10.2. The van der Waals surface area contributed by atoms with Gasteiger partial charge in [-0.05, 0) is 47.7 Å². The predicted molar refractivity (Wildman–Crippen MR) is 75.8 cm³/mol. The first-order valence-corrected chi connectivity index (χ1v) is 6.82. The minimum atomic E-state index is -0.435. The Labute approximate surface area is 123 Å². The third-order valence-electron chi connectivity index (χ3n) is 2.44. The van der Waals surface area contributed by atoms with E-state index in [1.807, 2.05) is 29.5 Å². The number of aromatic nitrogens is 2. The van der Waals surface area contributed by atoms with Crippen molar-refractivity contribution in [1.29, 1.82) is 0 Å². The summed E-state index contributed by atoms with van der Waals surface area (Å²) in [5.41, 5.74) is 6.55. The van der Waals surface area contributed by atoms with Gasteiger partial charge in [-0.15, -0.1) is 0 Å². The van der Waals surface area contributed by atoms with Gasteiger partial charge in [0.25, 0.3) is 5.89 Å². The fourth-order valence-electron chi connectivity index (χ4n) is 1.48. The molecular formula is C12H13FIN3O2. The quantitative estimate of drug-likeness (QED) is 0.811. The lowest BCUT2D eigenvalue weighted by Crippen LogP contribution is -2.18.